The second-order valence-corrected chi connectivity index (χ2v) is 4.65. The number of nitriles is 1. The maximum atomic E-state index is 11.8. The molecule has 7 nitrogen and oxygen atoms in total. The summed E-state index contributed by atoms with van der Waals surface area (Å²) in [5.41, 5.74) is 1.01. The Kier molecular flexibility index (Phi) is 5.25. The largest absolute Gasteiger partial charge is 0.378 e. The van der Waals surface area contributed by atoms with Crippen LogP contribution in [0.5, 0.6) is 0 Å². The summed E-state index contributed by atoms with van der Waals surface area (Å²) in [4.78, 5) is 22.3. The Morgan fingerprint density at radius 3 is 2.57 bits per heavy atom. The first-order valence-electron chi connectivity index (χ1n) is 6.87. The average Bonchev–Trinajstić information content (AvgIpc) is 2.58. The molecule has 0 aliphatic rings. The molecule has 2 N–H and O–H groups in total. The number of carbonyl (C=O) groups is 1. The summed E-state index contributed by atoms with van der Waals surface area (Å²) in [6.45, 7) is 0.593. The van der Waals surface area contributed by atoms with Crippen molar-refractivity contribution in [2.75, 3.05) is 18.4 Å². The van der Waals surface area contributed by atoms with Crippen LogP contribution in [0.3, 0.4) is 0 Å². The Morgan fingerprint density at radius 1 is 1.17 bits per heavy atom. The van der Waals surface area contributed by atoms with Crippen molar-refractivity contribution in [3.05, 3.63) is 69.8 Å². The van der Waals surface area contributed by atoms with Crippen LogP contribution in [0.25, 0.3) is 0 Å². The second kappa shape index (κ2) is 7.56. The van der Waals surface area contributed by atoms with Crippen molar-refractivity contribution in [1.82, 2.24) is 5.32 Å². The van der Waals surface area contributed by atoms with Gasteiger partial charge in [-0.05, 0) is 24.3 Å². The summed E-state index contributed by atoms with van der Waals surface area (Å²) in [7, 11) is 0. The number of benzene rings is 2. The quantitative estimate of drug-likeness (QED) is 0.483. The number of amides is 1. The normalized spacial score (nSPS) is 9.70. The predicted octanol–water partition coefficient (Wildman–Crippen LogP) is 2.31. The molecule has 7 heteroatoms. The maximum absolute atomic E-state index is 11.8. The molecule has 0 bridgehead atoms. The summed E-state index contributed by atoms with van der Waals surface area (Å²) in [6, 6.07) is 14.8. The molecule has 0 saturated carbocycles. The van der Waals surface area contributed by atoms with Gasteiger partial charge < -0.3 is 10.6 Å². The van der Waals surface area contributed by atoms with E-state index in [1.54, 1.807) is 24.3 Å². The standard InChI is InChI=1S/C16H14N4O3/c17-11-12-6-7-15(20(22)23)14(10-12)18-8-9-19-16(21)13-4-2-1-3-5-13/h1-7,10,18H,8-9H2,(H,19,21). The van der Waals surface area contributed by atoms with Crippen LogP contribution in [0, 0.1) is 21.4 Å². The van der Waals surface area contributed by atoms with Crippen LogP contribution in [0.1, 0.15) is 15.9 Å². The smallest absolute Gasteiger partial charge is 0.292 e. The van der Waals surface area contributed by atoms with Crippen LogP contribution in [-0.4, -0.2) is 23.9 Å². The highest BCUT2D eigenvalue weighted by Gasteiger charge is 2.13. The van der Waals surface area contributed by atoms with E-state index in [2.05, 4.69) is 10.6 Å². The van der Waals surface area contributed by atoms with Gasteiger partial charge in [-0.25, -0.2) is 0 Å². The minimum atomic E-state index is -0.522. The lowest BCUT2D eigenvalue weighted by Gasteiger charge is -2.09. The van der Waals surface area contributed by atoms with E-state index >= 15 is 0 Å². The molecule has 0 aliphatic carbocycles. The van der Waals surface area contributed by atoms with Crippen LogP contribution in [0.2, 0.25) is 0 Å². The number of hydrogen-bond acceptors (Lipinski definition) is 5. The summed E-state index contributed by atoms with van der Waals surface area (Å²) in [6.07, 6.45) is 0. The molecule has 116 valence electrons. The van der Waals surface area contributed by atoms with Crippen molar-refractivity contribution >= 4 is 17.3 Å². The Labute approximate surface area is 132 Å². The Balaban J connectivity index is 1.93. The van der Waals surface area contributed by atoms with Gasteiger partial charge in [-0.3, -0.25) is 14.9 Å². The van der Waals surface area contributed by atoms with Crippen LogP contribution in [-0.2, 0) is 0 Å². The van der Waals surface area contributed by atoms with E-state index in [9.17, 15) is 14.9 Å². The fraction of sp³-hybridized carbons (Fsp3) is 0.125. The van der Waals surface area contributed by atoms with E-state index in [-0.39, 0.29) is 17.3 Å². The number of nitro groups is 1. The Hall–Kier alpha value is -3.40. The van der Waals surface area contributed by atoms with Gasteiger partial charge in [0.2, 0.25) is 0 Å². The monoisotopic (exact) mass is 310 g/mol. The summed E-state index contributed by atoms with van der Waals surface area (Å²) < 4.78 is 0. The molecule has 0 aromatic heterocycles. The number of nitrogens with zero attached hydrogens (tertiary/aromatic N) is 2. The van der Waals surface area contributed by atoms with Gasteiger partial charge in [-0.2, -0.15) is 5.26 Å². The molecule has 2 rings (SSSR count). The topological polar surface area (TPSA) is 108 Å². The first-order valence-corrected chi connectivity index (χ1v) is 6.87. The van der Waals surface area contributed by atoms with Crippen molar-refractivity contribution in [2.24, 2.45) is 0 Å². The van der Waals surface area contributed by atoms with Gasteiger partial charge in [0.05, 0.1) is 16.6 Å². The van der Waals surface area contributed by atoms with Gasteiger partial charge >= 0.3 is 0 Å². The number of hydrogen-bond donors (Lipinski definition) is 2. The van der Waals surface area contributed by atoms with E-state index in [0.717, 1.165) is 0 Å². The molecule has 1 amide bonds. The van der Waals surface area contributed by atoms with Gasteiger partial charge in [-0.15, -0.1) is 0 Å². The second-order valence-electron chi connectivity index (χ2n) is 4.65. The Morgan fingerprint density at radius 2 is 1.91 bits per heavy atom. The van der Waals surface area contributed by atoms with Crippen molar-refractivity contribution < 1.29 is 9.72 Å². The highest BCUT2D eigenvalue weighted by Crippen LogP contribution is 2.24. The first kappa shape index (κ1) is 16.0. The number of rotatable bonds is 6. The summed E-state index contributed by atoms with van der Waals surface area (Å²) in [5, 5.41) is 25.4. The molecule has 0 atom stereocenters. The van der Waals surface area contributed by atoms with E-state index in [1.165, 1.54) is 18.2 Å². The molecule has 0 heterocycles. The van der Waals surface area contributed by atoms with Crippen molar-refractivity contribution in [1.29, 1.82) is 5.26 Å². The minimum Gasteiger partial charge on any atom is -0.378 e. The third kappa shape index (κ3) is 4.28. The zero-order valence-corrected chi connectivity index (χ0v) is 12.2. The highest BCUT2D eigenvalue weighted by molar-refractivity contribution is 5.94. The molecule has 2 aromatic carbocycles. The minimum absolute atomic E-state index is 0.113. The molecule has 0 fully saturated rings. The van der Waals surface area contributed by atoms with Gasteiger partial charge in [0.15, 0.2) is 0 Å². The number of carbonyl (C=O) groups excluding carboxylic acids is 1. The molecule has 0 radical (unpaired) electrons. The number of nitro benzene ring substituents is 1. The maximum Gasteiger partial charge on any atom is 0.292 e. The van der Waals surface area contributed by atoms with E-state index in [0.29, 0.717) is 24.2 Å². The predicted molar refractivity (Wildman–Crippen MR) is 85.1 cm³/mol. The summed E-state index contributed by atoms with van der Waals surface area (Å²) >= 11 is 0. The summed E-state index contributed by atoms with van der Waals surface area (Å²) in [5.74, 6) is -0.215. The SMILES string of the molecule is N#Cc1ccc([N+](=O)[O-])c(NCCNC(=O)c2ccccc2)c1. The van der Waals surface area contributed by atoms with Crippen LogP contribution in [0.15, 0.2) is 48.5 Å². The third-order valence-electron chi connectivity index (χ3n) is 3.08. The average molecular weight is 310 g/mol. The Bertz CT molecular complexity index is 754. The molecular formula is C16H14N4O3. The lowest BCUT2D eigenvalue weighted by atomic mass is 10.2. The van der Waals surface area contributed by atoms with Gasteiger partial charge in [0.1, 0.15) is 5.69 Å². The van der Waals surface area contributed by atoms with Crippen molar-refractivity contribution in [3.8, 4) is 6.07 Å². The van der Waals surface area contributed by atoms with Crippen molar-refractivity contribution in [3.63, 3.8) is 0 Å². The third-order valence-corrected chi connectivity index (χ3v) is 3.08. The van der Waals surface area contributed by atoms with Crippen LogP contribution in [0.4, 0.5) is 11.4 Å². The zero-order valence-electron chi connectivity index (χ0n) is 12.2. The zero-order chi connectivity index (χ0) is 16.7. The first-order chi connectivity index (χ1) is 11.1. The highest BCUT2D eigenvalue weighted by atomic mass is 16.6. The fourth-order valence-electron chi connectivity index (χ4n) is 1.97. The molecular weight excluding hydrogens is 296 g/mol. The van der Waals surface area contributed by atoms with Crippen LogP contribution < -0.4 is 10.6 Å². The van der Waals surface area contributed by atoms with Crippen molar-refractivity contribution in [2.45, 2.75) is 0 Å². The molecule has 0 saturated heterocycles. The van der Waals surface area contributed by atoms with E-state index in [1.807, 2.05) is 12.1 Å². The molecule has 0 aliphatic heterocycles. The number of anilines is 1. The lowest BCUT2D eigenvalue weighted by Crippen LogP contribution is -2.28. The van der Waals surface area contributed by atoms with Gasteiger partial charge in [-0.1, -0.05) is 18.2 Å². The molecule has 0 unspecified atom stereocenters. The molecule has 2 aromatic rings. The lowest BCUT2D eigenvalue weighted by molar-refractivity contribution is -0.384. The molecule has 23 heavy (non-hydrogen) atoms. The molecule has 0 spiro atoms. The fourth-order valence-corrected chi connectivity index (χ4v) is 1.97. The van der Waals surface area contributed by atoms with E-state index < -0.39 is 4.92 Å². The van der Waals surface area contributed by atoms with Crippen LogP contribution >= 0.6 is 0 Å². The van der Waals surface area contributed by atoms with Gasteiger partial charge in [0.25, 0.3) is 11.6 Å². The van der Waals surface area contributed by atoms with E-state index in [4.69, 9.17) is 5.26 Å². The van der Waals surface area contributed by atoms with Gasteiger partial charge in [0, 0.05) is 24.7 Å². The number of nitrogens with one attached hydrogen (secondary N) is 2.